The highest BCUT2D eigenvalue weighted by Crippen LogP contribution is 2.01. The summed E-state index contributed by atoms with van der Waals surface area (Å²) in [6, 6.07) is 10.1. The van der Waals surface area contributed by atoms with Crippen LogP contribution in [-0.4, -0.2) is 0 Å². The molecule has 0 spiro atoms. The molecule has 48 valence electrons. The summed E-state index contributed by atoms with van der Waals surface area (Å²) in [5.74, 6) is 0. The van der Waals surface area contributed by atoms with Gasteiger partial charge < -0.3 is 4.52 Å². The van der Waals surface area contributed by atoms with Gasteiger partial charge in [0.25, 0.3) is 0 Å². The smallest absolute Gasteiger partial charge is 0.0752 e. The largest absolute Gasteiger partial charge is 0.361 e. The van der Waals surface area contributed by atoms with Crippen LogP contribution in [0.2, 0.25) is 0 Å². The van der Waals surface area contributed by atoms with Gasteiger partial charge in [0.15, 0.2) is 0 Å². The Morgan fingerprint density at radius 2 is 1.89 bits per heavy atom. The van der Waals surface area contributed by atoms with Crippen molar-refractivity contribution in [2.45, 2.75) is 6.61 Å². The molecule has 1 aromatic carbocycles. The van der Waals surface area contributed by atoms with Gasteiger partial charge in [-0.1, -0.05) is 30.3 Å². The molecule has 0 aliphatic carbocycles. The molecule has 1 unspecified atom stereocenters. The second-order valence-electron chi connectivity index (χ2n) is 1.80. The Morgan fingerprint density at radius 1 is 1.22 bits per heavy atom. The summed E-state index contributed by atoms with van der Waals surface area (Å²) in [6.07, 6.45) is 0. The fraction of sp³-hybridized carbons (Fsp3) is 0.143. The highest BCUT2D eigenvalue weighted by atomic mass is 31.0. The van der Waals surface area contributed by atoms with Crippen LogP contribution >= 0.6 is 9.47 Å². The fourth-order valence-electron chi connectivity index (χ4n) is 0.670. The van der Waals surface area contributed by atoms with Crippen molar-refractivity contribution in [1.82, 2.24) is 0 Å². The van der Waals surface area contributed by atoms with Crippen LogP contribution in [0.5, 0.6) is 0 Å². The van der Waals surface area contributed by atoms with Crippen molar-refractivity contribution in [3.8, 4) is 0 Å². The zero-order chi connectivity index (χ0) is 6.53. The molecule has 1 aromatic rings. The average molecular weight is 140 g/mol. The lowest BCUT2D eigenvalue weighted by Crippen LogP contribution is -1.79. The Hall–Kier alpha value is -0.390. The summed E-state index contributed by atoms with van der Waals surface area (Å²) < 4.78 is 4.84. The molecule has 0 saturated heterocycles. The molecule has 0 saturated carbocycles. The maximum absolute atomic E-state index is 4.84. The van der Waals surface area contributed by atoms with Crippen molar-refractivity contribution >= 4 is 9.47 Å². The minimum Gasteiger partial charge on any atom is -0.361 e. The summed E-state index contributed by atoms with van der Waals surface area (Å²) in [5, 5.41) is 0. The van der Waals surface area contributed by atoms with E-state index in [0.29, 0.717) is 6.61 Å². The lowest BCUT2D eigenvalue weighted by atomic mass is 10.2. The van der Waals surface area contributed by atoms with Gasteiger partial charge in [-0.25, -0.2) is 0 Å². The first-order chi connectivity index (χ1) is 4.43. The highest BCUT2D eigenvalue weighted by Gasteiger charge is 1.84. The molecule has 0 aliphatic heterocycles. The maximum atomic E-state index is 4.84. The summed E-state index contributed by atoms with van der Waals surface area (Å²) in [6.45, 7) is 0.672. The number of hydrogen-bond donors (Lipinski definition) is 0. The molecule has 0 radical (unpaired) electrons. The van der Waals surface area contributed by atoms with Crippen molar-refractivity contribution < 1.29 is 4.52 Å². The van der Waals surface area contributed by atoms with Crippen LogP contribution in [0.1, 0.15) is 5.56 Å². The van der Waals surface area contributed by atoms with E-state index in [1.807, 2.05) is 30.3 Å². The fourth-order valence-corrected chi connectivity index (χ4v) is 0.863. The Labute approximate surface area is 57.3 Å². The van der Waals surface area contributed by atoms with Crippen LogP contribution in [0.3, 0.4) is 0 Å². The third-order valence-electron chi connectivity index (χ3n) is 1.09. The van der Waals surface area contributed by atoms with E-state index in [2.05, 4.69) is 9.47 Å². The molecule has 0 aromatic heterocycles. The molecule has 0 fully saturated rings. The quantitative estimate of drug-likeness (QED) is 0.571. The van der Waals surface area contributed by atoms with Crippen molar-refractivity contribution in [3.63, 3.8) is 0 Å². The number of hydrogen-bond acceptors (Lipinski definition) is 1. The number of benzene rings is 1. The molecule has 0 aliphatic rings. The van der Waals surface area contributed by atoms with Crippen molar-refractivity contribution in [2.75, 3.05) is 0 Å². The van der Waals surface area contributed by atoms with E-state index >= 15 is 0 Å². The zero-order valence-electron chi connectivity index (χ0n) is 5.08. The first-order valence-corrected chi connectivity index (χ1v) is 3.26. The van der Waals surface area contributed by atoms with Gasteiger partial charge in [-0.2, -0.15) is 0 Å². The molecule has 0 bridgehead atoms. The Kier molecular flexibility index (Phi) is 2.69. The van der Waals surface area contributed by atoms with Crippen LogP contribution in [-0.2, 0) is 11.1 Å². The normalized spacial score (nSPS) is 9.44. The zero-order valence-corrected chi connectivity index (χ0v) is 6.23. The van der Waals surface area contributed by atoms with E-state index in [9.17, 15) is 0 Å². The molecular weight excluding hydrogens is 131 g/mol. The summed E-state index contributed by atoms with van der Waals surface area (Å²) in [5.41, 5.74) is 1.20. The molecule has 1 nitrogen and oxygen atoms in total. The van der Waals surface area contributed by atoms with Gasteiger partial charge in [0.1, 0.15) is 0 Å². The van der Waals surface area contributed by atoms with Crippen molar-refractivity contribution in [2.24, 2.45) is 0 Å². The van der Waals surface area contributed by atoms with Crippen LogP contribution in [0.4, 0.5) is 0 Å². The lowest BCUT2D eigenvalue weighted by Gasteiger charge is -1.95. The van der Waals surface area contributed by atoms with Crippen molar-refractivity contribution in [3.05, 3.63) is 35.9 Å². The van der Waals surface area contributed by atoms with Crippen LogP contribution in [0, 0.1) is 0 Å². The van der Waals surface area contributed by atoms with E-state index in [-0.39, 0.29) is 0 Å². The molecular formula is C7H9OP. The second-order valence-corrected chi connectivity index (χ2v) is 2.13. The molecule has 0 heterocycles. The van der Waals surface area contributed by atoms with E-state index in [1.54, 1.807) is 0 Å². The Bertz CT molecular complexity index is 162. The summed E-state index contributed by atoms with van der Waals surface area (Å²) >= 11 is 0. The minimum absolute atomic E-state index is 0.672. The Morgan fingerprint density at radius 3 is 2.44 bits per heavy atom. The standard InChI is InChI=1S/C7H9OP/c9-8-6-7-4-2-1-3-5-7/h1-5H,6,9H2. The Balaban J connectivity index is 2.61. The first kappa shape index (κ1) is 6.73. The van der Waals surface area contributed by atoms with Gasteiger partial charge in [0.05, 0.1) is 6.61 Å². The third-order valence-corrected chi connectivity index (χ3v) is 1.26. The van der Waals surface area contributed by atoms with Gasteiger partial charge in [-0.15, -0.1) is 0 Å². The van der Waals surface area contributed by atoms with Gasteiger partial charge in [-0.05, 0) is 5.56 Å². The van der Waals surface area contributed by atoms with Gasteiger partial charge in [0.2, 0.25) is 0 Å². The average Bonchev–Trinajstić information content (AvgIpc) is 1.91. The van der Waals surface area contributed by atoms with Crippen molar-refractivity contribution in [1.29, 1.82) is 0 Å². The first-order valence-electron chi connectivity index (χ1n) is 2.79. The van der Waals surface area contributed by atoms with E-state index in [1.165, 1.54) is 5.56 Å². The monoisotopic (exact) mass is 140 g/mol. The molecule has 0 N–H and O–H groups in total. The molecule has 9 heavy (non-hydrogen) atoms. The van der Waals surface area contributed by atoms with E-state index < -0.39 is 0 Å². The van der Waals surface area contributed by atoms with Gasteiger partial charge in [0, 0.05) is 9.47 Å². The van der Waals surface area contributed by atoms with Crippen LogP contribution in [0.15, 0.2) is 30.3 Å². The second kappa shape index (κ2) is 3.60. The molecule has 1 rings (SSSR count). The van der Waals surface area contributed by atoms with Crippen LogP contribution in [0.25, 0.3) is 0 Å². The maximum Gasteiger partial charge on any atom is 0.0752 e. The minimum atomic E-state index is 0.672. The topological polar surface area (TPSA) is 9.23 Å². The summed E-state index contributed by atoms with van der Waals surface area (Å²) in [4.78, 5) is 0. The molecule has 2 heteroatoms. The molecule has 1 atom stereocenters. The number of rotatable bonds is 2. The van der Waals surface area contributed by atoms with E-state index in [0.717, 1.165) is 0 Å². The van der Waals surface area contributed by atoms with E-state index in [4.69, 9.17) is 4.52 Å². The third kappa shape index (κ3) is 2.13. The van der Waals surface area contributed by atoms with Crippen LogP contribution < -0.4 is 0 Å². The van der Waals surface area contributed by atoms with Gasteiger partial charge in [-0.3, -0.25) is 0 Å². The highest BCUT2D eigenvalue weighted by molar-refractivity contribution is 7.09. The predicted octanol–water partition coefficient (Wildman–Crippen LogP) is 1.99. The molecule has 0 amide bonds. The SMILES string of the molecule is POCc1ccccc1. The lowest BCUT2D eigenvalue weighted by molar-refractivity contribution is 0.362. The van der Waals surface area contributed by atoms with Gasteiger partial charge >= 0.3 is 0 Å². The summed E-state index contributed by atoms with van der Waals surface area (Å²) in [7, 11) is 2.23. The predicted molar refractivity (Wildman–Crippen MR) is 40.9 cm³/mol.